The van der Waals surface area contributed by atoms with Gasteiger partial charge in [-0.05, 0) is 17.7 Å². The van der Waals surface area contributed by atoms with Crippen molar-refractivity contribution < 1.29 is 27.4 Å². The Bertz CT molecular complexity index is 435. The van der Waals surface area contributed by atoms with E-state index in [2.05, 4.69) is 4.74 Å². The minimum atomic E-state index is -4.33. The Balaban J connectivity index is 2.12. The highest BCUT2D eigenvalue weighted by molar-refractivity contribution is 5.72. The zero-order valence-corrected chi connectivity index (χ0v) is 10.8. The lowest BCUT2D eigenvalue weighted by Gasteiger charge is -2.08. The second-order valence-electron chi connectivity index (χ2n) is 4.16. The summed E-state index contributed by atoms with van der Waals surface area (Å²) in [5.41, 5.74) is 6.84. The molecule has 1 aromatic rings. The Morgan fingerprint density at radius 2 is 2.00 bits per heavy atom. The highest BCUT2D eigenvalue weighted by atomic mass is 19.4. The number of carbonyl (C=O) groups excluding carboxylic acids is 1. The predicted octanol–water partition coefficient (Wildman–Crippen LogP) is 2.32. The van der Waals surface area contributed by atoms with Crippen molar-refractivity contribution >= 4 is 11.7 Å². The lowest BCUT2D eigenvalue weighted by Crippen LogP contribution is -2.18. The number of rotatable bonds is 7. The smallest absolute Gasteiger partial charge is 0.411 e. The molecule has 0 aliphatic rings. The molecule has 20 heavy (non-hydrogen) atoms. The van der Waals surface area contributed by atoms with Crippen LogP contribution in [0.4, 0.5) is 18.9 Å². The fourth-order valence-electron chi connectivity index (χ4n) is 1.46. The molecule has 0 radical (unpaired) electrons. The third kappa shape index (κ3) is 7.63. The van der Waals surface area contributed by atoms with Crippen LogP contribution in [0.25, 0.3) is 0 Å². The lowest BCUT2D eigenvalue weighted by atomic mass is 10.1. The van der Waals surface area contributed by atoms with Gasteiger partial charge in [0.1, 0.15) is 6.61 Å². The Labute approximate surface area is 114 Å². The van der Waals surface area contributed by atoms with Crippen LogP contribution in [0.1, 0.15) is 12.0 Å². The van der Waals surface area contributed by atoms with Crippen molar-refractivity contribution in [1.82, 2.24) is 0 Å². The van der Waals surface area contributed by atoms with Crippen LogP contribution in [0.5, 0.6) is 0 Å². The summed E-state index contributed by atoms with van der Waals surface area (Å²) in [4.78, 5) is 11.4. The first kappa shape index (κ1) is 16.3. The Morgan fingerprint density at radius 3 is 2.65 bits per heavy atom. The quantitative estimate of drug-likeness (QED) is 0.476. The van der Waals surface area contributed by atoms with Crippen molar-refractivity contribution in [3.63, 3.8) is 0 Å². The summed E-state index contributed by atoms with van der Waals surface area (Å²) in [6.45, 7) is -1.37. The van der Waals surface area contributed by atoms with Crippen LogP contribution < -0.4 is 5.73 Å². The number of hydrogen-bond acceptors (Lipinski definition) is 4. The molecule has 0 bridgehead atoms. The molecule has 7 heteroatoms. The molecule has 1 aromatic carbocycles. The number of esters is 1. The van der Waals surface area contributed by atoms with E-state index in [0.717, 1.165) is 5.56 Å². The largest absolute Gasteiger partial charge is 0.465 e. The van der Waals surface area contributed by atoms with Gasteiger partial charge in [0, 0.05) is 12.1 Å². The van der Waals surface area contributed by atoms with E-state index in [4.69, 9.17) is 10.5 Å². The number of halogens is 3. The van der Waals surface area contributed by atoms with Gasteiger partial charge in [-0.3, -0.25) is 4.79 Å². The summed E-state index contributed by atoms with van der Waals surface area (Å²) in [6.07, 6.45) is -4.03. The van der Waals surface area contributed by atoms with Gasteiger partial charge in [0.05, 0.1) is 19.6 Å². The first-order chi connectivity index (χ1) is 9.37. The van der Waals surface area contributed by atoms with E-state index in [1.807, 2.05) is 0 Å². The van der Waals surface area contributed by atoms with Gasteiger partial charge in [0.15, 0.2) is 0 Å². The van der Waals surface area contributed by atoms with Gasteiger partial charge in [0.2, 0.25) is 0 Å². The zero-order valence-electron chi connectivity index (χ0n) is 10.8. The van der Waals surface area contributed by atoms with Crippen LogP contribution in [0.3, 0.4) is 0 Å². The van der Waals surface area contributed by atoms with Crippen LogP contribution in [-0.4, -0.2) is 32.0 Å². The maximum atomic E-state index is 11.7. The number of nitrogens with two attached hydrogens (primary N) is 1. The van der Waals surface area contributed by atoms with Gasteiger partial charge in [-0.1, -0.05) is 12.1 Å². The van der Waals surface area contributed by atoms with Gasteiger partial charge < -0.3 is 15.2 Å². The number of carbonyl (C=O) groups is 1. The van der Waals surface area contributed by atoms with Crippen molar-refractivity contribution in [2.45, 2.75) is 19.0 Å². The van der Waals surface area contributed by atoms with Crippen molar-refractivity contribution in [1.29, 1.82) is 0 Å². The standard InChI is InChI=1S/C13H16F3NO3/c14-13(15,16)9-19-5-2-6-20-12(18)8-10-3-1-4-11(17)7-10/h1,3-4,7H,2,5-6,8-9,17H2. The summed E-state index contributed by atoms with van der Waals surface area (Å²) in [5.74, 6) is -0.452. The van der Waals surface area contributed by atoms with E-state index in [9.17, 15) is 18.0 Å². The van der Waals surface area contributed by atoms with Crippen LogP contribution in [0, 0.1) is 0 Å². The summed E-state index contributed by atoms with van der Waals surface area (Å²) in [5, 5.41) is 0. The second-order valence-corrected chi connectivity index (χ2v) is 4.16. The highest BCUT2D eigenvalue weighted by Gasteiger charge is 2.27. The average Bonchev–Trinajstić information content (AvgIpc) is 2.32. The molecule has 1 rings (SSSR count). The molecule has 4 nitrogen and oxygen atoms in total. The molecule has 0 amide bonds. The van der Waals surface area contributed by atoms with Crippen LogP contribution >= 0.6 is 0 Å². The zero-order chi connectivity index (χ0) is 15.0. The molecule has 2 N–H and O–H groups in total. The summed E-state index contributed by atoms with van der Waals surface area (Å²) in [7, 11) is 0. The third-order valence-corrected chi connectivity index (χ3v) is 2.26. The fourth-order valence-corrected chi connectivity index (χ4v) is 1.46. The van der Waals surface area contributed by atoms with Gasteiger partial charge in [-0.2, -0.15) is 13.2 Å². The molecule has 0 unspecified atom stereocenters. The molecule has 0 atom stereocenters. The maximum absolute atomic E-state index is 11.7. The molecule has 0 aliphatic carbocycles. The summed E-state index contributed by atoms with van der Waals surface area (Å²) < 4.78 is 44.5. The van der Waals surface area contributed by atoms with Crippen LogP contribution in [-0.2, 0) is 20.7 Å². The number of alkyl halides is 3. The van der Waals surface area contributed by atoms with Gasteiger partial charge in [-0.25, -0.2) is 0 Å². The monoisotopic (exact) mass is 291 g/mol. The van der Waals surface area contributed by atoms with Crippen molar-refractivity contribution in [3.05, 3.63) is 29.8 Å². The maximum Gasteiger partial charge on any atom is 0.411 e. The molecule has 0 saturated heterocycles. The van der Waals surface area contributed by atoms with Crippen molar-refractivity contribution in [2.24, 2.45) is 0 Å². The molecule has 0 aliphatic heterocycles. The molecule has 0 spiro atoms. The van der Waals surface area contributed by atoms with Crippen LogP contribution in [0.15, 0.2) is 24.3 Å². The van der Waals surface area contributed by atoms with E-state index in [1.165, 1.54) is 0 Å². The average molecular weight is 291 g/mol. The third-order valence-electron chi connectivity index (χ3n) is 2.26. The number of anilines is 1. The van der Waals surface area contributed by atoms with Gasteiger partial charge in [0.25, 0.3) is 0 Å². The number of benzene rings is 1. The van der Waals surface area contributed by atoms with E-state index >= 15 is 0 Å². The van der Waals surface area contributed by atoms with Crippen LogP contribution in [0.2, 0.25) is 0 Å². The van der Waals surface area contributed by atoms with E-state index in [-0.39, 0.29) is 26.1 Å². The first-order valence-electron chi connectivity index (χ1n) is 6.01. The molecular formula is C13H16F3NO3. The number of hydrogen-bond donors (Lipinski definition) is 1. The van der Waals surface area contributed by atoms with Crippen molar-refractivity contribution in [2.75, 3.05) is 25.6 Å². The molecule has 0 aromatic heterocycles. The van der Waals surface area contributed by atoms with Gasteiger partial charge in [-0.15, -0.1) is 0 Å². The normalized spacial score (nSPS) is 11.3. The van der Waals surface area contributed by atoms with E-state index in [0.29, 0.717) is 5.69 Å². The molecule has 0 fully saturated rings. The van der Waals surface area contributed by atoms with Crippen molar-refractivity contribution in [3.8, 4) is 0 Å². The molecule has 112 valence electrons. The van der Waals surface area contributed by atoms with E-state index in [1.54, 1.807) is 24.3 Å². The SMILES string of the molecule is Nc1cccc(CC(=O)OCCCOCC(F)(F)F)c1. The summed E-state index contributed by atoms with van der Waals surface area (Å²) in [6, 6.07) is 6.83. The molecule has 0 heterocycles. The fraction of sp³-hybridized carbons (Fsp3) is 0.462. The highest BCUT2D eigenvalue weighted by Crippen LogP contribution is 2.14. The second kappa shape index (κ2) is 7.74. The predicted molar refractivity (Wildman–Crippen MR) is 67.0 cm³/mol. The Morgan fingerprint density at radius 1 is 1.25 bits per heavy atom. The topological polar surface area (TPSA) is 61.6 Å². The first-order valence-corrected chi connectivity index (χ1v) is 6.01. The molecule has 0 saturated carbocycles. The van der Waals surface area contributed by atoms with E-state index < -0.39 is 18.8 Å². The molecular weight excluding hydrogens is 275 g/mol. The number of ether oxygens (including phenoxy) is 2. The van der Waals surface area contributed by atoms with Gasteiger partial charge >= 0.3 is 12.1 Å². The minimum absolute atomic E-state index is 0.0268. The lowest BCUT2D eigenvalue weighted by molar-refractivity contribution is -0.175. The Kier molecular flexibility index (Phi) is 6.30. The minimum Gasteiger partial charge on any atom is -0.465 e. The number of nitrogen functional groups attached to an aromatic ring is 1. The summed E-state index contributed by atoms with van der Waals surface area (Å²) >= 11 is 0. The Hall–Kier alpha value is -1.76.